The van der Waals surface area contributed by atoms with E-state index in [1.807, 2.05) is 30.3 Å². The fourth-order valence-electron chi connectivity index (χ4n) is 3.39. The molecule has 0 fully saturated rings. The van der Waals surface area contributed by atoms with Gasteiger partial charge in [-0.2, -0.15) is 5.16 Å². The number of nitrogens with zero attached hydrogens (tertiary/aromatic N) is 3. The molecule has 2 aromatic carbocycles. The van der Waals surface area contributed by atoms with Crippen molar-refractivity contribution in [1.29, 1.82) is 0 Å². The molecule has 0 N–H and O–H groups in total. The highest BCUT2D eigenvalue weighted by molar-refractivity contribution is 5.66. The first-order valence-corrected chi connectivity index (χ1v) is 8.72. The molecule has 3 aromatic rings. The lowest BCUT2D eigenvalue weighted by atomic mass is 9.99. The van der Waals surface area contributed by atoms with E-state index in [4.69, 9.17) is 4.52 Å². The lowest BCUT2D eigenvalue weighted by Crippen LogP contribution is -2.06. The normalized spacial score (nSPS) is 13.6. The minimum Gasteiger partial charge on any atom is -0.544 e. The van der Waals surface area contributed by atoms with E-state index in [1.165, 1.54) is 12.1 Å². The molecule has 7 heteroatoms. The highest BCUT2D eigenvalue weighted by atomic mass is 16.6. The second-order valence-electron chi connectivity index (χ2n) is 6.43. The van der Waals surface area contributed by atoms with Gasteiger partial charge in [-0.1, -0.05) is 30.3 Å². The van der Waals surface area contributed by atoms with Crippen LogP contribution in [0.3, 0.4) is 0 Å². The molecule has 0 unspecified atom stereocenters. The summed E-state index contributed by atoms with van der Waals surface area (Å²) in [5.74, 6) is -0.517. The highest BCUT2D eigenvalue weighted by Gasteiger charge is 2.23. The van der Waals surface area contributed by atoms with E-state index in [9.17, 15) is 15.2 Å². The van der Waals surface area contributed by atoms with E-state index < -0.39 is 10.9 Å². The van der Waals surface area contributed by atoms with E-state index in [2.05, 4.69) is 15.9 Å². The van der Waals surface area contributed by atoms with Crippen LogP contribution in [0, 0.1) is 10.1 Å². The second-order valence-corrected chi connectivity index (χ2v) is 6.43. The monoisotopic (exact) mass is 363 g/mol. The van der Waals surface area contributed by atoms with Crippen molar-refractivity contribution in [2.45, 2.75) is 19.3 Å². The van der Waals surface area contributed by atoms with Crippen LogP contribution in [-0.2, 0) is 6.42 Å². The van der Waals surface area contributed by atoms with Crippen molar-refractivity contribution < 1.29 is 19.1 Å². The Bertz CT molecular complexity index is 1020. The van der Waals surface area contributed by atoms with Crippen LogP contribution in [0.4, 0.5) is 11.4 Å². The van der Waals surface area contributed by atoms with Crippen molar-refractivity contribution >= 4 is 17.6 Å². The SMILES string of the molecule is O=[N+]([O-])c1ccc([N+]2=CCCC2)c(Cc2c(-c3ccccc3)noc2[O-])c1. The van der Waals surface area contributed by atoms with Gasteiger partial charge in [-0.3, -0.25) is 10.1 Å². The molecule has 1 aromatic heterocycles. The van der Waals surface area contributed by atoms with Crippen molar-refractivity contribution in [3.63, 3.8) is 0 Å². The zero-order valence-electron chi connectivity index (χ0n) is 14.5. The summed E-state index contributed by atoms with van der Waals surface area (Å²) in [6.07, 6.45) is 4.29. The summed E-state index contributed by atoms with van der Waals surface area (Å²) in [7, 11) is 0. The third kappa shape index (κ3) is 3.31. The van der Waals surface area contributed by atoms with Crippen LogP contribution >= 0.6 is 0 Å². The van der Waals surface area contributed by atoms with Gasteiger partial charge in [0.2, 0.25) is 5.69 Å². The van der Waals surface area contributed by atoms with E-state index in [1.54, 1.807) is 6.07 Å². The van der Waals surface area contributed by atoms with Crippen molar-refractivity contribution in [2.24, 2.45) is 0 Å². The molecule has 2 heterocycles. The van der Waals surface area contributed by atoms with Crippen molar-refractivity contribution in [1.82, 2.24) is 5.16 Å². The number of nitro groups is 1. The highest BCUT2D eigenvalue weighted by Crippen LogP contribution is 2.34. The lowest BCUT2D eigenvalue weighted by Gasteiger charge is -2.09. The van der Waals surface area contributed by atoms with Gasteiger partial charge in [0.15, 0.2) is 0 Å². The second kappa shape index (κ2) is 7.03. The molecular formula is C20H17N3O4. The first-order chi connectivity index (χ1) is 13.1. The Kier molecular flexibility index (Phi) is 4.42. The summed E-state index contributed by atoms with van der Waals surface area (Å²) in [6, 6.07) is 14.1. The molecule has 27 heavy (non-hydrogen) atoms. The van der Waals surface area contributed by atoms with Gasteiger partial charge in [0.25, 0.3) is 5.69 Å². The summed E-state index contributed by atoms with van der Waals surface area (Å²) < 4.78 is 6.99. The van der Waals surface area contributed by atoms with Crippen LogP contribution in [0.5, 0.6) is 5.95 Å². The van der Waals surface area contributed by atoms with E-state index in [-0.39, 0.29) is 12.1 Å². The van der Waals surface area contributed by atoms with Crippen molar-refractivity contribution in [2.75, 3.05) is 6.54 Å². The molecule has 0 radical (unpaired) electrons. The van der Waals surface area contributed by atoms with Crippen LogP contribution in [0.25, 0.3) is 11.3 Å². The smallest absolute Gasteiger partial charge is 0.270 e. The Labute approximate surface area is 155 Å². The van der Waals surface area contributed by atoms with E-state index in [0.717, 1.165) is 30.6 Å². The number of nitro benzene ring substituents is 1. The number of hydrogen-bond acceptors (Lipinski definition) is 5. The van der Waals surface area contributed by atoms with Crippen LogP contribution in [-0.4, -0.2) is 27.4 Å². The molecule has 1 aliphatic heterocycles. The minimum atomic E-state index is -0.517. The Morgan fingerprint density at radius 2 is 2.00 bits per heavy atom. The zero-order chi connectivity index (χ0) is 18.8. The van der Waals surface area contributed by atoms with Crippen LogP contribution in [0.2, 0.25) is 0 Å². The number of aromatic nitrogens is 1. The third-order valence-corrected chi connectivity index (χ3v) is 4.70. The number of rotatable bonds is 5. The summed E-state index contributed by atoms with van der Waals surface area (Å²) in [6.45, 7) is 0.851. The van der Waals surface area contributed by atoms with Gasteiger partial charge in [-0.05, 0) is 0 Å². The summed E-state index contributed by atoms with van der Waals surface area (Å²) in [5, 5.41) is 27.4. The molecular weight excluding hydrogens is 346 g/mol. The first kappa shape index (κ1) is 17.0. The van der Waals surface area contributed by atoms with Gasteiger partial charge >= 0.3 is 0 Å². The molecule has 7 nitrogen and oxygen atoms in total. The molecule has 0 saturated heterocycles. The van der Waals surface area contributed by atoms with Crippen LogP contribution in [0.15, 0.2) is 53.1 Å². The lowest BCUT2D eigenvalue weighted by molar-refractivity contribution is -0.427. The quantitative estimate of drug-likeness (QED) is 0.393. The average Bonchev–Trinajstić information content (AvgIpc) is 3.33. The molecule has 0 spiro atoms. The molecule has 136 valence electrons. The average molecular weight is 363 g/mol. The molecule has 0 saturated carbocycles. The number of non-ortho nitro benzene ring substituents is 1. The maximum absolute atomic E-state index is 12.3. The summed E-state index contributed by atoms with van der Waals surface area (Å²) in [4.78, 5) is 10.8. The fraction of sp³-hybridized carbons (Fsp3) is 0.200. The maximum Gasteiger partial charge on any atom is 0.270 e. The van der Waals surface area contributed by atoms with Gasteiger partial charge in [-0.15, -0.1) is 0 Å². The Hall–Kier alpha value is -3.48. The fourth-order valence-corrected chi connectivity index (χ4v) is 3.39. The molecule has 0 atom stereocenters. The zero-order valence-corrected chi connectivity index (χ0v) is 14.5. The number of benzene rings is 2. The molecule has 0 amide bonds. The van der Waals surface area contributed by atoms with Crippen LogP contribution in [0.1, 0.15) is 24.0 Å². The maximum atomic E-state index is 12.3. The van der Waals surface area contributed by atoms with Crippen molar-refractivity contribution in [3.05, 3.63) is 69.8 Å². The Balaban J connectivity index is 1.80. The predicted molar refractivity (Wildman–Crippen MR) is 97.4 cm³/mol. The van der Waals surface area contributed by atoms with Gasteiger partial charge in [0, 0.05) is 54.2 Å². The van der Waals surface area contributed by atoms with Crippen molar-refractivity contribution in [3.8, 4) is 17.2 Å². The molecule has 4 rings (SSSR count). The van der Waals surface area contributed by atoms with E-state index in [0.29, 0.717) is 16.8 Å². The summed E-state index contributed by atoms with van der Waals surface area (Å²) in [5.41, 5.74) is 3.24. The Morgan fingerprint density at radius 1 is 1.19 bits per heavy atom. The van der Waals surface area contributed by atoms with Crippen LogP contribution < -0.4 is 5.11 Å². The van der Waals surface area contributed by atoms with Gasteiger partial charge in [0.05, 0.1) is 16.6 Å². The largest absolute Gasteiger partial charge is 0.544 e. The third-order valence-electron chi connectivity index (χ3n) is 4.70. The standard InChI is InChI=1S/C20H17N3O4/c24-20-17(19(21-27-20)14-6-2-1-3-7-14)13-15-12-16(23(25)26)8-9-18(15)22-10-4-5-11-22/h1-3,6-10,12H,4-5,11,13H2. The first-order valence-electron chi connectivity index (χ1n) is 8.72. The molecule has 0 aliphatic carbocycles. The minimum absolute atomic E-state index is 0.00175. The topological polar surface area (TPSA) is 95.2 Å². The summed E-state index contributed by atoms with van der Waals surface area (Å²) >= 11 is 0. The van der Waals surface area contributed by atoms with Gasteiger partial charge < -0.3 is 9.63 Å². The molecule has 1 aliphatic rings. The Morgan fingerprint density at radius 3 is 2.70 bits per heavy atom. The predicted octanol–water partition coefficient (Wildman–Crippen LogP) is 3.42. The van der Waals surface area contributed by atoms with Gasteiger partial charge in [0.1, 0.15) is 12.8 Å². The van der Waals surface area contributed by atoms with Gasteiger partial charge in [-0.25, -0.2) is 4.58 Å². The van der Waals surface area contributed by atoms with E-state index >= 15 is 0 Å². The molecule has 0 bridgehead atoms. The number of hydrogen-bond donors (Lipinski definition) is 0.